The molecule has 0 aliphatic carbocycles. The van der Waals surface area contributed by atoms with Crippen LogP contribution in [0.1, 0.15) is 26.1 Å². The van der Waals surface area contributed by atoms with Crippen molar-refractivity contribution in [2.45, 2.75) is 26.8 Å². The van der Waals surface area contributed by atoms with Gasteiger partial charge in [0.15, 0.2) is 0 Å². The Labute approximate surface area is 97.9 Å². The maximum absolute atomic E-state index is 9.37. The molecule has 0 amide bonds. The molecule has 0 radical (unpaired) electrons. The molecule has 0 fully saturated rings. The molecule has 0 aliphatic heterocycles. The second kappa shape index (κ2) is 5.46. The highest BCUT2D eigenvalue weighted by Crippen LogP contribution is 2.21. The van der Waals surface area contributed by atoms with E-state index in [2.05, 4.69) is 30.8 Å². The Morgan fingerprint density at radius 2 is 2.25 bits per heavy atom. The SMILES string of the molecule is CCC(C)(CO)CN(C)Cc1nccn1C. The lowest BCUT2D eigenvalue weighted by atomic mass is 9.88. The molecule has 0 aliphatic rings. The van der Waals surface area contributed by atoms with Gasteiger partial charge in [0.1, 0.15) is 5.82 Å². The number of nitrogens with zero attached hydrogens (tertiary/aromatic N) is 3. The summed E-state index contributed by atoms with van der Waals surface area (Å²) < 4.78 is 2.03. The van der Waals surface area contributed by atoms with E-state index in [1.54, 1.807) is 0 Å². The van der Waals surface area contributed by atoms with Gasteiger partial charge >= 0.3 is 0 Å². The lowest BCUT2D eigenvalue weighted by Gasteiger charge is -2.30. The van der Waals surface area contributed by atoms with Crippen LogP contribution in [0, 0.1) is 5.41 Å². The summed E-state index contributed by atoms with van der Waals surface area (Å²) >= 11 is 0. The topological polar surface area (TPSA) is 41.3 Å². The van der Waals surface area contributed by atoms with Gasteiger partial charge < -0.3 is 9.67 Å². The molecule has 16 heavy (non-hydrogen) atoms. The van der Waals surface area contributed by atoms with Crippen LogP contribution in [0.15, 0.2) is 12.4 Å². The predicted octanol–water partition coefficient (Wildman–Crippen LogP) is 1.26. The number of hydrogen-bond acceptors (Lipinski definition) is 3. The summed E-state index contributed by atoms with van der Waals surface area (Å²) in [6, 6.07) is 0. The monoisotopic (exact) mass is 225 g/mol. The van der Waals surface area contributed by atoms with Crippen molar-refractivity contribution in [2.24, 2.45) is 12.5 Å². The minimum atomic E-state index is -0.0140. The Hall–Kier alpha value is -0.870. The number of aryl methyl sites for hydroxylation is 1. The van der Waals surface area contributed by atoms with Gasteiger partial charge in [-0.1, -0.05) is 13.8 Å². The summed E-state index contributed by atoms with van der Waals surface area (Å²) in [7, 11) is 4.07. The largest absolute Gasteiger partial charge is 0.396 e. The summed E-state index contributed by atoms with van der Waals surface area (Å²) in [6.07, 6.45) is 4.75. The van der Waals surface area contributed by atoms with E-state index in [0.29, 0.717) is 0 Å². The summed E-state index contributed by atoms with van der Waals surface area (Å²) in [5.74, 6) is 1.05. The van der Waals surface area contributed by atoms with E-state index in [1.807, 2.05) is 24.0 Å². The molecule has 0 bridgehead atoms. The van der Waals surface area contributed by atoms with Crippen LogP contribution in [-0.2, 0) is 13.6 Å². The van der Waals surface area contributed by atoms with Gasteiger partial charge in [-0.15, -0.1) is 0 Å². The third-order valence-corrected chi connectivity index (χ3v) is 3.22. The second-order valence-electron chi connectivity index (χ2n) is 4.95. The number of aliphatic hydroxyl groups excluding tert-OH is 1. The molecule has 0 aromatic carbocycles. The maximum atomic E-state index is 9.37. The van der Waals surface area contributed by atoms with Crippen LogP contribution in [0.4, 0.5) is 0 Å². The summed E-state index contributed by atoms with van der Waals surface area (Å²) in [6.45, 7) is 6.16. The fourth-order valence-corrected chi connectivity index (χ4v) is 1.77. The number of aliphatic hydroxyl groups is 1. The summed E-state index contributed by atoms with van der Waals surface area (Å²) in [5, 5.41) is 9.37. The summed E-state index contributed by atoms with van der Waals surface area (Å²) in [4.78, 5) is 6.51. The highest BCUT2D eigenvalue weighted by molar-refractivity contribution is 4.91. The van der Waals surface area contributed by atoms with Crippen LogP contribution in [0.3, 0.4) is 0 Å². The molecule has 1 aromatic heterocycles. The number of aromatic nitrogens is 2. The highest BCUT2D eigenvalue weighted by Gasteiger charge is 2.23. The molecule has 4 heteroatoms. The van der Waals surface area contributed by atoms with Gasteiger partial charge in [-0.25, -0.2) is 4.98 Å². The van der Waals surface area contributed by atoms with Gasteiger partial charge in [-0.05, 0) is 13.5 Å². The quantitative estimate of drug-likeness (QED) is 0.792. The van der Waals surface area contributed by atoms with Gasteiger partial charge in [0.2, 0.25) is 0 Å². The van der Waals surface area contributed by atoms with E-state index in [-0.39, 0.29) is 12.0 Å². The highest BCUT2D eigenvalue weighted by atomic mass is 16.3. The number of imidazole rings is 1. The normalized spacial score (nSPS) is 15.4. The van der Waals surface area contributed by atoms with Crippen molar-refractivity contribution in [3.63, 3.8) is 0 Å². The first-order chi connectivity index (χ1) is 7.50. The second-order valence-corrected chi connectivity index (χ2v) is 4.95. The molecule has 1 rings (SSSR count). The number of hydrogen-bond donors (Lipinski definition) is 1. The van der Waals surface area contributed by atoms with Crippen molar-refractivity contribution in [3.05, 3.63) is 18.2 Å². The van der Waals surface area contributed by atoms with E-state index in [0.717, 1.165) is 25.3 Å². The molecule has 1 atom stereocenters. The molecule has 1 aromatic rings. The van der Waals surface area contributed by atoms with E-state index in [4.69, 9.17) is 0 Å². The predicted molar refractivity (Wildman–Crippen MR) is 65.0 cm³/mol. The van der Waals surface area contributed by atoms with Crippen LogP contribution >= 0.6 is 0 Å². The third kappa shape index (κ3) is 3.32. The van der Waals surface area contributed by atoms with E-state index < -0.39 is 0 Å². The van der Waals surface area contributed by atoms with E-state index in [1.165, 1.54) is 0 Å². The van der Waals surface area contributed by atoms with Crippen molar-refractivity contribution in [3.8, 4) is 0 Å². The molecule has 92 valence electrons. The first kappa shape index (κ1) is 13.2. The lowest BCUT2D eigenvalue weighted by Crippen LogP contribution is -2.35. The Morgan fingerprint density at radius 1 is 1.56 bits per heavy atom. The molecule has 0 saturated heterocycles. The third-order valence-electron chi connectivity index (χ3n) is 3.22. The smallest absolute Gasteiger partial charge is 0.122 e. The molecular formula is C12H23N3O. The average molecular weight is 225 g/mol. The van der Waals surface area contributed by atoms with Crippen molar-refractivity contribution in [2.75, 3.05) is 20.2 Å². The zero-order chi connectivity index (χ0) is 12.2. The van der Waals surface area contributed by atoms with Crippen molar-refractivity contribution in [1.29, 1.82) is 0 Å². The van der Waals surface area contributed by atoms with Crippen molar-refractivity contribution < 1.29 is 5.11 Å². The molecule has 1 heterocycles. The standard InChI is InChI=1S/C12H23N3O/c1-5-12(2,10-16)9-14(3)8-11-13-6-7-15(11)4/h6-7,16H,5,8-10H2,1-4H3. The van der Waals surface area contributed by atoms with Crippen molar-refractivity contribution in [1.82, 2.24) is 14.5 Å². The maximum Gasteiger partial charge on any atom is 0.122 e. The average Bonchev–Trinajstić information content (AvgIpc) is 2.64. The van der Waals surface area contributed by atoms with Gasteiger partial charge in [0.05, 0.1) is 6.54 Å². The van der Waals surface area contributed by atoms with E-state index >= 15 is 0 Å². The molecular weight excluding hydrogens is 202 g/mol. The molecule has 1 unspecified atom stereocenters. The Morgan fingerprint density at radius 3 is 2.69 bits per heavy atom. The van der Waals surface area contributed by atoms with Gasteiger partial charge in [-0.2, -0.15) is 0 Å². The Bertz CT molecular complexity index is 318. The van der Waals surface area contributed by atoms with Crippen LogP contribution in [0.25, 0.3) is 0 Å². The van der Waals surface area contributed by atoms with Crippen LogP contribution in [0.5, 0.6) is 0 Å². The number of rotatable bonds is 6. The summed E-state index contributed by atoms with van der Waals surface area (Å²) in [5.41, 5.74) is -0.0140. The molecule has 0 saturated carbocycles. The fourth-order valence-electron chi connectivity index (χ4n) is 1.77. The minimum absolute atomic E-state index is 0.0140. The minimum Gasteiger partial charge on any atom is -0.396 e. The fraction of sp³-hybridized carbons (Fsp3) is 0.750. The van der Waals surface area contributed by atoms with Crippen molar-refractivity contribution >= 4 is 0 Å². The van der Waals surface area contributed by atoms with Gasteiger partial charge in [0, 0.05) is 38.0 Å². The van der Waals surface area contributed by atoms with E-state index in [9.17, 15) is 5.11 Å². The van der Waals surface area contributed by atoms with Gasteiger partial charge in [0.25, 0.3) is 0 Å². The van der Waals surface area contributed by atoms with Gasteiger partial charge in [-0.3, -0.25) is 4.90 Å². The Balaban J connectivity index is 2.53. The van der Waals surface area contributed by atoms with Crippen LogP contribution in [0.2, 0.25) is 0 Å². The molecule has 1 N–H and O–H groups in total. The van der Waals surface area contributed by atoms with Crippen LogP contribution in [-0.4, -0.2) is 39.8 Å². The zero-order valence-electron chi connectivity index (χ0n) is 10.8. The first-order valence-electron chi connectivity index (χ1n) is 5.76. The lowest BCUT2D eigenvalue weighted by molar-refractivity contribution is 0.0917. The van der Waals surface area contributed by atoms with Crippen LogP contribution < -0.4 is 0 Å². The zero-order valence-corrected chi connectivity index (χ0v) is 10.8. The molecule has 4 nitrogen and oxygen atoms in total. The first-order valence-corrected chi connectivity index (χ1v) is 5.76. The Kier molecular flexibility index (Phi) is 4.50. The molecule has 0 spiro atoms.